The van der Waals surface area contributed by atoms with Crippen molar-refractivity contribution < 1.29 is 0 Å². The van der Waals surface area contributed by atoms with Gasteiger partial charge in [0, 0.05) is 11.6 Å². The van der Waals surface area contributed by atoms with E-state index in [1.165, 1.54) is 15.9 Å². The Hall–Kier alpha value is -2.35. The molecule has 0 unspecified atom stereocenters. The molecular weight excluding hydrogens is 376 g/mol. The van der Waals surface area contributed by atoms with E-state index in [0.29, 0.717) is 21.7 Å². The third kappa shape index (κ3) is 3.02. The molecule has 0 saturated carbocycles. The van der Waals surface area contributed by atoms with Gasteiger partial charge in [0.25, 0.3) is 5.56 Å². The summed E-state index contributed by atoms with van der Waals surface area (Å²) in [5.41, 5.74) is 1.83. The average molecular weight is 387 g/mol. The third-order valence-corrected chi connectivity index (χ3v) is 5.50. The van der Waals surface area contributed by atoms with Crippen LogP contribution < -0.4 is 5.56 Å². The lowest BCUT2D eigenvalue weighted by Crippen LogP contribution is -2.22. The SMILES string of the molecule is Cc1nc(/C=C/c2nc3ccsc3c(=O)n2-c2cccnc2Cl)cs1. The van der Waals surface area contributed by atoms with Crippen LogP contribution in [0.2, 0.25) is 5.15 Å². The van der Waals surface area contributed by atoms with Crippen LogP contribution in [0, 0.1) is 6.92 Å². The summed E-state index contributed by atoms with van der Waals surface area (Å²) in [7, 11) is 0. The van der Waals surface area contributed by atoms with E-state index in [-0.39, 0.29) is 10.7 Å². The van der Waals surface area contributed by atoms with Gasteiger partial charge in [0.15, 0.2) is 5.15 Å². The minimum atomic E-state index is -0.163. The molecule has 4 aromatic heterocycles. The van der Waals surface area contributed by atoms with E-state index in [0.717, 1.165) is 10.7 Å². The van der Waals surface area contributed by atoms with Gasteiger partial charge in [-0.3, -0.25) is 9.36 Å². The number of halogens is 1. The number of hydrogen-bond acceptors (Lipinski definition) is 6. The number of hydrogen-bond donors (Lipinski definition) is 0. The Bertz CT molecular complexity index is 1160. The highest BCUT2D eigenvalue weighted by atomic mass is 35.5. The Kier molecular flexibility index (Phi) is 4.20. The second-order valence-corrected chi connectivity index (χ2v) is 7.52. The summed E-state index contributed by atoms with van der Waals surface area (Å²) in [5.74, 6) is 0.483. The van der Waals surface area contributed by atoms with Crippen molar-refractivity contribution in [1.82, 2.24) is 19.5 Å². The molecule has 0 radical (unpaired) electrons. The van der Waals surface area contributed by atoms with Crippen LogP contribution in [-0.2, 0) is 0 Å². The number of pyridine rings is 1. The fraction of sp³-hybridized carbons (Fsp3) is 0.0588. The number of thiazole rings is 1. The van der Waals surface area contributed by atoms with E-state index in [9.17, 15) is 4.79 Å². The van der Waals surface area contributed by atoms with Crippen LogP contribution in [0.15, 0.2) is 40.0 Å². The molecular formula is C17H11ClN4OS2. The van der Waals surface area contributed by atoms with Crippen LogP contribution in [0.3, 0.4) is 0 Å². The van der Waals surface area contributed by atoms with E-state index >= 15 is 0 Å². The summed E-state index contributed by atoms with van der Waals surface area (Å²) in [4.78, 5) is 26.1. The van der Waals surface area contributed by atoms with Crippen molar-refractivity contribution in [1.29, 1.82) is 0 Å². The molecule has 0 aromatic carbocycles. The minimum absolute atomic E-state index is 0.163. The molecule has 0 amide bonds. The smallest absolute Gasteiger partial charge is 0.267 e. The second-order valence-electron chi connectivity index (χ2n) is 5.18. The van der Waals surface area contributed by atoms with E-state index in [1.54, 1.807) is 35.7 Å². The zero-order valence-corrected chi connectivity index (χ0v) is 15.4. The van der Waals surface area contributed by atoms with Crippen molar-refractivity contribution in [3.63, 3.8) is 0 Å². The van der Waals surface area contributed by atoms with Crippen molar-refractivity contribution in [2.24, 2.45) is 0 Å². The first-order chi connectivity index (χ1) is 12.1. The number of aromatic nitrogens is 4. The summed E-state index contributed by atoms with van der Waals surface area (Å²) < 4.78 is 2.07. The Morgan fingerprint density at radius 3 is 2.84 bits per heavy atom. The summed E-state index contributed by atoms with van der Waals surface area (Å²) >= 11 is 9.15. The van der Waals surface area contributed by atoms with Crippen molar-refractivity contribution >= 4 is 56.6 Å². The molecule has 0 bridgehead atoms. The lowest BCUT2D eigenvalue weighted by atomic mass is 10.3. The largest absolute Gasteiger partial charge is 0.276 e. The van der Waals surface area contributed by atoms with Gasteiger partial charge in [-0.15, -0.1) is 22.7 Å². The lowest BCUT2D eigenvalue weighted by Gasteiger charge is -2.10. The summed E-state index contributed by atoms with van der Waals surface area (Å²) in [6, 6.07) is 5.33. The fourth-order valence-corrected chi connectivity index (χ4v) is 3.98. The Labute approximate surface area is 155 Å². The molecule has 4 aromatic rings. The number of nitrogens with zero attached hydrogens (tertiary/aromatic N) is 4. The molecule has 4 rings (SSSR count). The fourth-order valence-electron chi connectivity index (χ4n) is 2.44. The molecule has 0 spiro atoms. The van der Waals surface area contributed by atoms with Gasteiger partial charge in [-0.1, -0.05) is 11.6 Å². The van der Waals surface area contributed by atoms with Crippen LogP contribution in [-0.4, -0.2) is 19.5 Å². The Morgan fingerprint density at radius 2 is 2.08 bits per heavy atom. The maximum absolute atomic E-state index is 13.0. The van der Waals surface area contributed by atoms with Gasteiger partial charge in [0.05, 0.1) is 21.9 Å². The molecule has 0 aliphatic rings. The summed E-state index contributed by atoms with van der Waals surface area (Å²) in [6.07, 6.45) is 5.20. The van der Waals surface area contributed by atoms with Gasteiger partial charge in [0.1, 0.15) is 10.5 Å². The predicted octanol–water partition coefficient (Wildman–Crippen LogP) is 4.43. The van der Waals surface area contributed by atoms with Crippen molar-refractivity contribution in [3.8, 4) is 5.69 Å². The zero-order valence-electron chi connectivity index (χ0n) is 13.0. The monoisotopic (exact) mass is 386 g/mol. The van der Waals surface area contributed by atoms with Gasteiger partial charge in [-0.25, -0.2) is 15.0 Å². The molecule has 0 N–H and O–H groups in total. The predicted molar refractivity (Wildman–Crippen MR) is 104 cm³/mol. The van der Waals surface area contributed by atoms with Gasteiger partial charge in [-0.05, 0) is 42.7 Å². The molecule has 5 nitrogen and oxygen atoms in total. The van der Waals surface area contributed by atoms with Crippen LogP contribution in [0.4, 0.5) is 0 Å². The lowest BCUT2D eigenvalue weighted by molar-refractivity contribution is 0.939. The molecule has 25 heavy (non-hydrogen) atoms. The molecule has 124 valence electrons. The van der Waals surface area contributed by atoms with Gasteiger partial charge in [-0.2, -0.15) is 0 Å². The van der Waals surface area contributed by atoms with Gasteiger partial charge in [0.2, 0.25) is 0 Å². The maximum Gasteiger partial charge on any atom is 0.276 e. The molecule has 0 aliphatic heterocycles. The standard InChI is InChI=1S/C17H11ClN4OS2/c1-10-20-11(9-25-10)4-5-14-21-12-6-8-24-15(12)17(23)22(14)13-3-2-7-19-16(13)18/h2-9H,1H3/b5-4+. The Balaban J connectivity index is 1.96. The summed E-state index contributed by atoms with van der Waals surface area (Å²) in [6.45, 7) is 1.95. The first-order valence-electron chi connectivity index (χ1n) is 7.35. The van der Waals surface area contributed by atoms with Crippen LogP contribution in [0.1, 0.15) is 16.5 Å². The highest BCUT2D eigenvalue weighted by Crippen LogP contribution is 2.22. The van der Waals surface area contributed by atoms with E-state index in [1.807, 2.05) is 29.8 Å². The Morgan fingerprint density at radius 1 is 1.20 bits per heavy atom. The average Bonchev–Trinajstić information content (AvgIpc) is 3.23. The van der Waals surface area contributed by atoms with Crippen molar-refractivity contribution in [2.45, 2.75) is 6.92 Å². The second kappa shape index (κ2) is 6.51. The number of fused-ring (bicyclic) bond motifs is 1. The molecule has 4 heterocycles. The van der Waals surface area contributed by atoms with Gasteiger partial charge >= 0.3 is 0 Å². The number of rotatable bonds is 3. The number of aryl methyl sites for hydroxylation is 1. The molecule has 0 fully saturated rings. The number of thiophene rings is 1. The molecule has 0 atom stereocenters. The van der Waals surface area contributed by atoms with Crippen molar-refractivity contribution in [3.05, 3.63) is 67.2 Å². The molecule has 0 aliphatic carbocycles. The minimum Gasteiger partial charge on any atom is -0.267 e. The van der Waals surface area contributed by atoms with E-state index < -0.39 is 0 Å². The topological polar surface area (TPSA) is 60.7 Å². The van der Waals surface area contributed by atoms with Crippen LogP contribution in [0.5, 0.6) is 0 Å². The third-order valence-electron chi connectivity index (χ3n) is 3.53. The van der Waals surface area contributed by atoms with Gasteiger partial charge < -0.3 is 0 Å². The van der Waals surface area contributed by atoms with E-state index in [4.69, 9.17) is 11.6 Å². The maximum atomic E-state index is 13.0. The van der Waals surface area contributed by atoms with Crippen LogP contribution >= 0.6 is 34.3 Å². The molecule has 8 heteroatoms. The summed E-state index contributed by atoms with van der Waals surface area (Å²) in [5, 5.41) is 5.04. The normalized spacial score (nSPS) is 11.6. The zero-order chi connectivity index (χ0) is 17.4. The first kappa shape index (κ1) is 16.1. The highest BCUT2D eigenvalue weighted by Gasteiger charge is 2.14. The van der Waals surface area contributed by atoms with Crippen LogP contribution in [0.25, 0.3) is 28.1 Å². The highest BCUT2D eigenvalue weighted by molar-refractivity contribution is 7.17. The van der Waals surface area contributed by atoms with Crippen molar-refractivity contribution in [2.75, 3.05) is 0 Å². The first-order valence-corrected chi connectivity index (χ1v) is 9.48. The quantitative estimate of drug-likeness (QED) is 0.488. The molecule has 0 saturated heterocycles. The van der Waals surface area contributed by atoms with E-state index in [2.05, 4.69) is 15.0 Å².